The normalized spacial score (nSPS) is 19.8. The summed E-state index contributed by atoms with van der Waals surface area (Å²) in [7, 11) is -2.85. The Morgan fingerprint density at radius 2 is 2.05 bits per heavy atom. The van der Waals surface area contributed by atoms with Crippen LogP contribution in [0.4, 0.5) is 5.82 Å². The van der Waals surface area contributed by atoms with Crippen molar-refractivity contribution in [1.82, 2.24) is 14.9 Å². The zero-order valence-corrected chi connectivity index (χ0v) is 11.9. The topological polar surface area (TPSA) is 89.2 Å². The Bertz CT molecular complexity index is 697. The average Bonchev–Trinajstić information content (AvgIpc) is 2.81. The second-order valence-corrected chi connectivity index (χ2v) is 7.79. The van der Waals surface area contributed by atoms with Gasteiger partial charge in [-0.15, -0.1) is 11.3 Å². The summed E-state index contributed by atoms with van der Waals surface area (Å²) >= 11 is 1.53. The fourth-order valence-corrected chi connectivity index (χ4v) is 4.17. The van der Waals surface area contributed by atoms with E-state index < -0.39 is 9.84 Å². The number of thiophene rings is 1. The molecule has 0 spiro atoms. The molecule has 0 amide bonds. The molecule has 0 radical (unpaired) electrons. The Morgan fingerprint density at radius 1 is 1.32 bits per heavy atom. The first-order chi connectivity index (χ1) is 9.03. The Kier molecular flexibility index (Phi) is 3.15. The van der Waals surface area contributed by atoms with E-state index in [-0.39, 0.29) is 11.5 Å². The number of fused-ring (bicyclic) bond motifs is 1. The van der Waals surface area contributed by atoms with Gasteiger partial charge in [0.25, 0.3) is 0 Å². The van der Waals surface area contributed by atoms with E-state index in [1.165, 1.54) is 11.3 Å². The van der Waals surface area contributed by atoms with Gasteiger partial charge >= 0.3 is 0 Å². The van der Waals surface area contributed by atoms with Crippen molar-refractivity contribution in [2.45, 2.75) is 6.54 Å². The van der Waals surface area contributed by atoms with Crippen molar-refractivity contribution in [2.24, 2.45) is 0 Å². The zero-order chi connectivity index (χ0) is 13.5. The number of aromatic nitrogens is 2. The minimum atomic E-state index is -2.85. The third kappa shape index (κ3) is 2.70. The molecule has 1 aliphatic rings. The third-order valence-corrected chi connectivity index (χ3v) is 5.62. The lowest BCUT2D eigenvalue weighted by Crippen LogP contribution is -2.40. The van der Waals surface area contributed by atoms with Gasteiger partial charge in [-0.1, -0.05) is 0 Å². The van der Waals surface area contributed by atoms with Gasteiger partial charge in [0.1, 0.15) is 16.5 Å². The highest BCUT2D eigenvalue weighted by Crippen LogP contribution is 2.23. The van der Waals surface area contributed by atoms with Gasteiger partial charge in [0, 0.05) is 13.1 Å². The first kappa shape index (κ1) is 12.8. The van der Waals surface area contributed by atoms with E-state index in [1.54, 1.807) is 0 Å². The second-order valence-electron chi connectivity index (χ2n) is 4.59. The Morgan fingerprint density at radius 3 is 2.79 bits per heavy atom. The van der Waals surface area contributed by atoms with Gasteiger partial charge in [-0.25, -0.2) is 18.4 Å². The monoisotopic (exact) mass is 298 g/mol. The number of nitrogen functional groups attached to an aromatic ring is 1. The lowest BCUT2D eigenvalue weighted by Gasteiger charge is -2.25. The fourth-order valence-electron chi connectivity index (χ4n) is 2.10. The summed E-state index contributed by atoms with van der Waals surface area (Å²) in [6, 6.07) is 1.91. The average molecular weight is 298 g/mol. The molecule has 1 aliphatic heterocycles. The van der Waals surface area contributed by atoms with Crippen molar-refractivity contribution < 1.29 is 8.42 Å². The van der Waals surface area contributed by atoms with Crippen LogP contribution in [0.15, 0.2) is 11.4 Å². The summed E-state index contributed by atoms with van der Waals surface area (Å²) in [6.45, 7) is 1.62. The van der Waals surface area contributed by atoms with Crippen LogP contribution in [0.25, 0.3) is 10.2 Å². The summed E-state index contributed by atoms with van der Waals surface area (Å²) in [6.07, 6.45) is 0. The molecular weight excluding hydrogens is 284 g/mol. The van der Waals surface area contributed by atoms with Crippen molar-refractivity contribution in [2.75, 3.05) is 30.3 Å². The molecule has 0 unspecified atom stereocenters. The summed E-state index contributed by atoms with van der Waals surface area (Å²) in [5.74, 6) is 1.57. The molecule has 1 fully saturated rings. The molecule has 2 aromatic heterocycles. The summed E-state index contributed by atoms with van der Waals surface area (Å²) in [5.41, 5.74) is 5.89. The van der Waals surface area contributed by atoms with Crippen LogP contribution in [0.3, 0.4) is 0 Å². The van der Waals surface area contributed by atoms with Crippen LogP contribution in [0.1, 0.15) is 5.82 Å². The Balaban J connectivity index is 1.78. The van der Waals surface area contributed by atoms with E-state index in [4.69, 9.17) is 5.73 Å². The van der Waals surface area contributed by atoms with Gasteiger partial charge in [-0.2, -0.15) is 0 Å². The standard InChI is InChI=1S/C11H14N4O2S2/c12-10-8-1-4-18-11(8)14-9(13-10)7-15-2-5-19(16,17)6-3-15/h1,4H,2-3,5-7H2,(H2,12,13,14). The molecule has 0 atom stereocenters. The van der Waals surface area contributed by atoms with Crippen molar-refractivity contribution in [1.29, 1.82) is 0 Å². The molecule has 1 saturated heterocycles. The van der Waals surface area contributed by atoms with E-state index in [2.05, 4.69) is 14.9 Å². The molecule has 6 nitrogen and oxygen atoms in total. The van der Waals surface area contributed by atoms with Crippen LogP contribution in [0, 0.1) is 0 Å². The maximum Gasteiger partial charge on any atom is 0.152 e. The van der Waals surface area contributed by atoms with Crippen molar-refractivity contribution in [3.8, 4) is 0 Å². The summed E-state index contributed by atoms with van der Waals surface area (Å²) < 4.78 is 22.7. The summed E-state index contributed by atoms with van der Waals surface area (Å²) in [5, 5.41) is 2.82. The van der Waals surface area contributed by atoms with E-state index in [1.807, 2.05) is 11.4 Å². The number of nitrogens with zero attached hydrogens (tertiary/aromatic N) is 3. The van der Waals surface area contributed by atoms with E-state index in [0.717, 1.165) is 10.2 Å². The first-order valence-corrected chi connectivity index (χ1v) is 8.66. The maximum absolute atomic E-state index is 11.4. The van der Waals surface area contributed by atoms with Gasteiger partial charge in [0.05, 0.1) is 23.4 Å². The molecule has 19 heavy (non-hydrogen) atoms. The number of hydrogen-bond donors (Lipinski definition) is 1. The molecule has 0 bridgehead atoms. The number of sulfone groups is 1. The number of hydrogen-bond acceptors (Lipinski definition) is 7. The lowest BCUT2D eigenvalue weighted by molar-refractivity contribution is 0.281. The van der Waals surface area contributed by atoms with Crippen molar-refractivity contribution in [3.05, 3.63) is 17.3 Å². The molecule has 2 N–H and O–H groups in total. The Labute approximate surface area is 115 Å². The molecule has 3 rings (SSSR count). The highest BCUT2D eigenvalue weighted by Gasteiger charge is 2.22. The first-order valence-electron chi connectivity index (χ1n) is 5.96. The molecule has 2 aromatic rings. The quantitative estimate of drug-likeness (QED) is 0.868. The minimum Gasteiger partial charge on any atom is -0.383 e. The molecule has 102 valence electrons. The molecule has 0 aromatic carbocycles. The second kappa shape index (κ2) is 4.69. The maximum atomic E-state index is 11.4. The van der Waals surface area contributed by atoms with Crippen LogP contribution in [-0.2, 0) is 16.4 Å². The SMILES string of the molecule is Nc1nc(CN2CCS(=O)(=O)CC2)nc2sccc12. The molecular formula is C11H14N4O2S2. The van der Waals surface area contributed by atoms with Crippen LogP contribution in [0.2, 0.25) is 0 Å². The minimum absolute atomic E-state index is 0.212. The van der Waals surface area contributed by atoms with Gasteiger partial charge in [0.15, 0.2) is 9.84 Å². The Hall–Kier alpha value is -1.25. The zero-order valence-electron chi connectivity index (χ0n) is 10.2. The van der Waals surface area contributed by atoms with Crippen molar-refractivity contribution >= 4 is 37.2 Å². The molecule has 3 heterocycles. The van der Waals surface area contributed by atoms with E-state index >= 15 is 0 Å². The van der Waals surface area contributed by atoms with E-state index in [9.17, 15) is 8.42 Å². The predicted octanol–water partition coefficient (Wildman–Crippen LogP) is 0.504. The van der Waals surface area contributed by atoms with Crippen LogP contribution < -0.4 is 5.73 Å². The smallest absolute Gasteiger partial charge is 0.152 e. The highest BCUT2D eigenvalue weighted by molar-refractivity contribution is 7.91. The van der Waals surface area contributed by atoms with Crippen LogP contribution in [0.5, 0.6) is 0 Å². The largest absolute Gasteiger partial charge is 0.383 e. The van der Waals surface area contributed by atoms with Crippen LogP contribution >= 0.6 is 11.3 Å². The third-order valence-electron chi connectivity index (χ3n) is 3.20. The summed E-state index contributed by atoms with van der Waals surface area (Å²) in [4.78, 5) is 11.7. The van der Waals surface area contributed by atoms with Gasteiger partial charge in [-0.3, -0.25) is 4.90 Å². The predicted molar refractivity (Wildman–Crippen MR) is 75.8 cm³/mol. The number of nitrogens with two attached hydrogens (primary N) is 1. The van der Waals surface area contributed by atoms with Gasteiger partial charge in [0.2, 0.25) is 0 Å². The lowest BCUT2D eigenvalue weighted by atomic mass is 10.3. The van der Waals surface area contributed by atoms with E-state index in [0.29, 0.717) is 31.3 Å². The van der Waals surface area contributed by atoms with Crippen LogP contribution in [-0.4, -0.2) is 47.9 Å². The number of anilines is 1. The van der Waals surface area contributed by atoms with Gasteiger partial charge < -0.3 is 5.73 Å². The molecule has 0 aliphatic carbocycles. The molecule has 8 heteroatoms. The number of rotatable bonds is 2. The highest BCUT2D eigenvalue weighted by atomic mass is 32.2. The fraction of sp³-hybridized carbons (Fsp3) is 0.455. The van der Waals surface area contributed by atoms with Crippen molar-refractivity contribution in [3.63, 3.8) is 0 Å². The van der Waals surface area contributed by atoms with Gasteiger partial charge in [-0.05, 0) is 11.4 Å². The molecule has 0 saturated carbocycles.